The first-order chi connectivity index (χ1) is 11.5. The second kappa shape index (κ2) is 5.73. The highest BCUT2D eigenvalue weighted by Crippen LogP contribution is 2.48. The summed E-state index contributed by atoms with van der Waals surface area (Å²) < 4.78 is 0. The van der Waals surface area contributed by atoms with Crippen molar-refractivity contribution < 1.29 is 19.5 Å². The number of carbonyl (C=O) groups is 3. The van der Waals surface area contributed by atoms with Crippen LogP contribution in [-0.4, -0.2) is 28.9 Å². The summed E-state index contributed by atoms with van der Waals surface area (Å²) in [5.41, 5.74) is 0.450. The number of rotatable bonds is 5. The van der Waals surface area contributed by atoms with Crippen LogP contribution < -0.4 is 10.6 Å². The molecule has 1 heterocycles. The Morgan fingerprint density at radius 2 is 1.83 bits per heavy atom. The first kappa shape index (κ1) is 15.4. The van der Waals surface area contributed by atoms with E-state index in [1.54, 1.807) is 11.4 Å². The maximum atomic E-state index is 12.7. The molecule has 0 saturated heterocycles. The van der Waals surface area contributed by atoms with Crippen molar-refractivity contribution in [1.29, 1.82) is 0 Å². The molecule has 2 fully saturated rings. The van der Waals surface area contributed by atoms with E-state index in [9.17, 15) is 19.5 Å². The molecule has 1 aromatic rings. The molecular formula is C17H18N2O4S. The Bertz CT molecular complexity index is 737. The zero-order valence-electron chi connectivity index (χ0n) is 12.9. The first-order valence-corrected chi connectivity index (χ1v) is 9.03. The molecule has 3 aliphatic rings. The molecule has 0 spiro atoms. The molecule has 24 heavy (non-hydrogen) atoms. The summed E-state index contributed by atoms with van der Waals surface area (Å²) in [5, 5.41) is 17.4. The summed E-state index contributed by atoms with van der Waals surface area (Å²) in [7, 11) is 0. The van der Waals surface area contributed by atoms with Gasteiger partial charge in [0.15, 0.2) is 0 Å². The largest absolute Gasteiger partial charge is 0.481 e. The van der Waals surface area contributed by atoms with Crippen LogP contribution in [0.15, 0.2) is 23.6 Å². The fraction of sp³-hybridized carbons (Fsp3) is 0.471. The second-order valence-electron chi connectivity index (χ2n) is 6.74. The molecule has 4 rings (SSSR count). The highest BCUT2D eigenvalue weighted by Gasteiger charge is 2.51. The Morgan fingerprint density at radius 1 is 1.12 bits per heavy atom. The van der Waals surface area contributed by atoms with E-state index < -0.39 is 17.8 Å². The average Bonchev–Trinajstić information content (AvgIpc) is 2.98. The van der Waals surface area contributed by atoms with Crippen LogP contribution in [-0.2, 0) is 9.59 Å². The average molecular weight is 346 g/mol. The number of aliphatic carboxylic acids is 1. The normalized spacial score (nSPS) is 30.3. The third kappa shape index (κ3) is 2.62. The molecule has 6 nitrogen and oxygen atoms in total. The maximum absolute atomic E-state index is 12.7. The van der Waals surface area contributed by atoms with Gasteiger partial charge in [-0.15, -0.1) is 11.3 Å². The van der Waals surface area contributed by atoms with Crippen molar-refractivity contribution in [2.24, 2.45) is 23.7 Å². The number of fused-ring (bicyclic) bond motifs is 2. The third-order valence-corrected chi connectivity index (χ3v) is 5.94. The summed E-state index contributed by atoms with van der Waals surface area (Å²) >= 11 is 1.28. The van der Waals surface area contributed by atoms with E-state index in [0.717, 1.165) is 12.8 Å². The standard InChI is InChI=1S/C17H18N2O4S/c20-14(18-10-3-4-10)11-5-6-24-16(11)19-15(21)12-8-1-2-9(7-8)13(12)17(22)23/h1-2,5-6,8-10,12-13H,3-4,7H2,(H,18,20)(H,19,21)(H,22,23)/t8-,9-,12-,13-/m0/s1. The van der Waals surface area contributed by atoms with Gasteiger partial charge in [-0.05, 0) is 42.5 Å². The Kier molecular flexibility index (Phi) is 3.68. The van der Waals surface area contributed by atoms with E-state index in [2.05, 4.69) is 10.6 Å². The Labute approximate surface area is 142 Å². The Balaban J connectivity index is 1.50. The minimum Gasteiger partial charge on any atom is -0.481 e. The predicted octanol–water partition coefficient (Wildman–Crippen LogP) is 2.10. The van der Waals surface area contributed by atoms with Crippen molar-refractivity contribution in [1.82, 2.24) is 5.32 Å². The molecule has 7 heteroatoms. The maximum Gasteiger partial charge on any atom is 0.307 e. The van der Waals surface area contributed by atoms with Crippen molar-refractivity contribution in [2.45, 2.75) is 25.3 Å². The monoisotopic (exact) mass is 346 g/mol. The Hall–Kier alpha value is -2.15. The van der Waals surface area contributed by atoms with E-state index >= 15 is 0 Å². The lowest BCUT2D eigenvalue weighted by Gasteiger charge is -2.23. The molecule has 2 saturated carbocycles. The fourth-order valence-corrected chi connectivity index (χ4v) is 4.57. The van der Waals surface area contributed by atoms with E-state index in [-0.39, 0.29) is 29.7 Å². The first-order valence-electron chi connectivity index (χ1n) is 8.15. The van der Waals surface area contributed by atoms with Gasteiger partial charge in [0, 0.05) is 6.04 Å². The predicted molar refractivity (Wildman–Crippen MR) is 88.8 cm³/mol. The van der Waals surface area contributed by atoms with Gasteiger partial charge in [-0.25, -0.2) is 0 Å². The van der Waals surface area contributed by atoms with Crippen molar-refractivity contribution in [3.05, 3.63) is 29.2 Å². The molecule has 0 aliphatic heterocycles. The van der Waals surface area contributed by atoms with Gasteiger partial charge in [-0.1, -0.05) is 12.2 Å². The van der Waals surface area contributed by atoms with Crippen LogP contribution in [0.4, 0.5) is 5.00 Å². The number of carboxylic acid groups (broad SMARTS) is 1. The fourth-order valence-electron chi connectivity index (χ4n) is 3.79. The molecule has 2 amide bonds. The molecule has 0 aromatic carbocycles. The molecule has 2 bridgehead atoms. The van der Waals surface area contributed by atoms with Gasteiger partial charge in [-0.3, -0.25) is 14.4 Å². The summed E-state index contributed by atoms with van der Waals surface area (Å²) in [6, 6.07) is 1.93. The van der Waals surface area contributed by atoms with Gasteiger partial charge in [0.05, 0.1) is 17.4 Å². The number of amides is 2. The molecule has 0 radical (unpaired) electrons. The van der Waals surface area contributed by atoms with E-state index in [1.165, 1.54) is 11.3 Å². The number of allylic oxidation sites excluding steroid dienone is 2. The highest BCUT2D eigenvalue weighted by molar-refractivity contribution is 7.14. The van der Waals surface area contributed by atoms with Crippen molar-refractivity contribution in [3.8, 4) is 0 Å². The van der Waals surface area contributed by atoms with Crippen LogP contribution in [0, 0.1) is 23.7 Å². The third-order valence-electron chi connectivity index (χ3n) is 5.11. The molecule has 1 aromatic heterocycles. The van der Waals surface area contributed by atoms with Gasteiger partial charge in [0.2, 0.25) is 5.91 Å². The highest BCUT2D eigenvalue weighted by atomic mass is 32.1. The molecule has 4 atom stereocenters. The summed E-state index contributed by atoms with van der Waals surface area (Å²) in [6.45, 7) is 0. The zero-order valence-corrected chi connectivity index (χ0v) is 13.7. The van der Waals surface area contributed by atoms with Crippen LogP contribution in [0.1, 0.15) is 29.6 Å². The summed E-state index contributed by atoms with van der Waals surface area (Å²) in [6.07, 6.45) is 6.57. The van der Waals surface area contributed by atoms with Gasteiger partial charge in [0.1, 0.15) is 5.00 Å². The topological polar surface area (TPSA) is 95.5 Å². The van der Waals surface area contributed by atoms with Gasteiger partial charge in [0.25, 0.3) is 5.91 Å². The van der Waals surface area contributed by atoms with Crippen LogP contribution in [0.5, 0.6) is 0 Å². The summed E-state index contributed by atoms with van der Waals surface area (Å²) in [5.74, 6) is -2.75. The molecule has 3 N–H and O–H groups in total. The minimum atomic E-state index is -0.926. The number of hydrogen-bond acceptors (Lipinski definition) is 4. The molecular weight excluding hydrogens is 328 g/mol. The van der Waals surface area contributed by atoms with Crippen LogP contribution in [0.2, 0.25) is 0 Å². The molecule has 0 unspecified atom stereocenters. The smallest absolute Gasteiger partial charge is 0.307 e. The van der Waals surface area contributed by atoms with Gasteiger partial charge < -0.3 is 15.7 Å². The van der Waals surface area contributed by atoms with Gasteiger partial charge >= 0.3 is 5.97 Å². The number of nitrogens with one attached hydrogen (secondary N) is 2. The quantitative estimate of drug-likeness (QED) is 0.712. The number of carbonyl (C=O) groups excluding carboxylic acids is 2. The lowest BCUT2D eigenvalue weighted by Crippen LogP contribution is -2.36. The van der Waals surface area contributed by atoms with Gasteiger partial charge in [-0.2, -0.15) is 0 Å². The molecule has 3 aliphatic carbocycles. The lowest BCUT2D eigenvalue weighted by atomic mass is 9.82. The van der Waals surface area contributed by atoms with E-state index in [0.29, 0.717) is 17.0 Å². The lowest BCUT2D eigenvalue weighted by molar-refractivity contribution is -0.146. The SMILES string of the molecule is O=C(NC1CC1)c1ccsc1NC(=O)[C@@H]1[C@@H](C(=O)O)[C@H]2C=C[C@H]1C2. The van der Waals surface area contributed by atoms with Crippen LogP contribution in [0.3, 0.4) is 0 Å². The van der Waals surface area contributed by atoms with E-state index in [4.69, 9.17) is 0 Å². The van der Waals surface area contributed by atoms with Crippen molar-refractivity contribution in [3.63, 3.8) is 0 Å². The second-order valence-corrected chi connectivity index (χ2v) is 7.65. The zero-order chi connectivity index (χ0) is 16.8. The number of anilines is 1. The number of hydrogen-bond donors (Lipinski definition) is 3. The number of thiophene rings is 1. The van der Waals surface area contributed by atoms with E-state index in [1.807, 2.05) is 12.2 Å². The van der Waals surface area contributed by atoms with Crippen LogP contribution >= 0.6 is 11.3 Å². The molecule has 126 valence electrons. The summed E-state index contributed by atoms with van der Waals surface area (Å²) in [4.78, 5) is 36.4. The van der Waals surface area contributed by atoms with Crippen molar-refractivity contribution in [2.75, 3.05) is 5.32 Å². The Morgan fingerprint density at radius 3 is 2.50 bits per heavy atom. The van der Waals surface area contributed by atoms with Crippen molar-refractivity contribution >= 4 is 34.1 Å². The minimum absolute atomic E-state index is 0.0280. The number of carboxylic acids is 1. The van der Waals surface area contributed by atoms with Crippen LogP contribution in [0.25, 0.3) is 0 Å².